The van der Waals surface area contributed by atoms with Gasteiger partial charge in [-0.3, -0.25) is 4.79 Å². The highest BCUT2D eigenvalue weighted by atomic mass is 16.5. The van der Waals surface area contributed by atoms with Gasteiger partial charge in [0.25, 0.3) is 0 Å². The molecule has 0 N–H and O–H groups in total. The van der Waals surface area contributed by atoms with Crippen LogP contribution in [-0.2, 0) is 11.3 Å². The standard InChI is InChI=1S/C22H23N7O2/c1-15-11-20(31-26-15)17-12-23-14-24-22(17)16-5-4-9-28(13-16)21(30)8-10-29-19-7-3-2-6-18(19)25-27-29/h2-3,6-7,11-12,14,16H,4-5,8-10,13H2,1H3/t16-/m0/s1. The van der Waals surface area contributed by atoms with E-state index in [2.05, 4.69) is 25.4 Å². The van der Waals surface area contributed by atoms with Crippen molar-refractivity contribution in [3.8, 4) is 11.3 Å². The minimum Gasteiger partial charge on any atom is -0.356 e. The van der Waals surface area contributed by atoms with E-state index in [1.165, 1.54) is 0 Å². The summed E-state index contributed by atoms with van der Waals surface area (Å²) in [7, 11) is 0. The van der Waals surface area contributed by atoms with Crippen LogP contribution in [0.15, 0.2) is 47.4 Å². The number of fused-ring (bicyclic) bond motifs is 1. The summed E-state index contributed by atoms with van der Waals surface area (Å²) in [6, 6.07) is 9.66. The van der Waals surface area contributed by atoms with Crippen molar-refractivity contribution in [2.75, 3.05) is 13.1 Å². The summed E-state index contributed by atoms with van der Waals surface area (Å²) in [5.41, 5.74) is 4.35. The van der Waals surface area contributed by atoms with Crippen LogP contribution in [0.2, 0.25) is 0 Å². The van der Waals surface area contributed by atoms with Crippen molar-refractivity contribution in [3.05, 3.63) is 54.2 Å². The molecule has 5 rings (SSSR count). The van der Waals surface area contributed by atoms with Gasteiger partial charge in [-0.2, -0.15) is 0 Å². The van der Waals surface area contributed by atoms with E-state index >= 15 is 0 Å². The molecule has 0 saturated carbocycles. The van der Waals surface area contributed by atoms with Gasteiger partial charge in [0.1, 0.15) is 11.8 Å². The highest BCUT2D eigenvalue weighted by molar-refractivity contribution is 5.77. The topological polar surface area (TPSA) is 103 Å². The fourth-order valence-corrected chi connectivity index (χ4v) is 4.21. The second-order valence-electron chi connectivity index (χ2n) is 7.88. The van der Waals surface area contributed by atoms with Crippen LogP contribution >= 0.6 is 0 Å². The van der Waals surface area contributed by atoms with Crippen LogP contribution < -0.4 is 0 Å². The third kappa shape index (κ3) is 3.90. The van der Waals surface area contributed by atoms with Gasteiger partial charge in [0, 0.05) is 37.7 Å². The minimum atomic E-state index is 0.121. The number of carbonyl (C=O) groups excluding carboxylic acids is 1. The zero-order valence-corrected chi connectivity index (χ0v) is 17.3. The van der Waals surface area contributed by atoms with Crippen LogP contribution in [0, 0.1) is 6.92 Å². The molecule has 1 aliphatic heterocycles. The van der Waals surface area contributed by atoms with Gasteiger partial charge >= 0.3 is 0 Å². The Labute approximate surface area is 179 Å². The average molecular weight is 417 g/mol. The number of likely N-dealkylation sites (tertiary alicyclic amines) is 1. The molecule has 0 bridgehead atoms. The summed E-state index contributed by atoms with van der Waals surface area (Å²) < 4.78 is 7.24. The zero-order valence-electron chi connectivity index (χ0n) is 17.3. The first kappa shape index (κ1) is 19.3. The van der Waals surface area contributed by atoms with Crippen LogP contribution in [0.25, 0.3) is 22.4 Å². The molecule has 0 aliphatic carbocycles. The van der Waals surface area contributed by atoms with Gasteiger partial charge in [-0.15, -0.1) is 5.10 Å². The van der Waals surface area contributed by atoms with E-state index in [-0.39, 0.29) is 11.8 Å². The Kier molecular flexibility index (Phi) is 5.15. The number of carbonyl (C=O) groups is 1. The molecule has 31 heavy (non-hydrogen) atoms. The Morgan fingerprint density at radius 2 is 2.19 bits per heavy atom. The first-order chi connectivity index (χ1) is 15.2. The summed E-state index contributed by atoms with van der Waals surface area (Å²) >= 11 is 0. The summed E-state index contributed by atoms with van der Waals surface area (Å²) in [5.74, 6) is 0.915. The fraction of sp³-hybridized carbons (Fsp3) is 0.364. The lowest BCUT2D eigenvalue weighted by Crippen LogP contribution is -2.39. The predicted octanol–water partition coefficient (Wildman–Crippen LogP) is 2.98. The van der Waals surface area contributed by atoms with Gasteiger partial charge in [0.15, 0.2) is 5.76 Å². The largest absolute Gasteiger partial charge is 0.356 e. The van der Waals surface area contributed by atoms with E-state index < -0.39 is 0 Å². The normalized spacial score (nSPS) is 16.7. The molecule has 0 spiro atoms. The Balaban J connectivity index is 1.29. The molecule has 1 aromatic carbocycles. The van der Waals surface area contributed by atoms with E-state index in [0.29, 0.717) is 25.3 Å². The maximum absolute atomic E-state index is 13.0. The third-order valence-corrected chi connectivity index (χ3v) is 5.76. The Morgan fingerprint density at radius 3 is 3.06 bits per heavy atom. The second kappa shape index (κ2) is 8.25. The Morgan fingerprint density at radius 1 is 1.29 bits per heavy atom. The van der Waals surface area contributed by atoms with Crippen molar-refractivity contribution >= 4 is 16.9 Å². The number of aryl methyl sites for hydroxylation is 2. The number of benzene rings is 1. The number of piperidine rings is 1. The lowest BCUT2D eigenvalue weighted by molar-refractivity contribution is -0.132. The quantitative estimate of drug-likeness (QED) is 0.492. The highest BCUT2D eigenvalue weighted by Crippen LogP contribution is 2.33. The highest BCUT2D eigenvalue weighted by Gasteiger charge is 2.28. The van der Waals surface area contributed by atoms with E-state index in [1.54, 1.807) is 17.2 Å². The smallest absolute Gasteiger partial charge is 0.224 e. The molecule has 9 nitrogen and oxygen atoms in total. The van der Waals surface area contributed by atoms with Crippen LogP contribution in [0.3, 0.4) is 0 Å². The van der Waals surface area contributed by atoms with Gasteiger partial charge in [0.05, 0.1) is 29.0 Å². The maximum atomic E-state index is 13.0. The first-order valence-corrected chi connectivity index (χ1v) is 10.5. The molecule has 0 radical (unpaired) electrons. The van der Waals surface area contributed by atoms with Crippen molar-refractivity contribution in [2.24, 2.45) is 0 Å². The SMILES string of the molecule is Cc1cc(-c2cncnc2[C@H]2CCCN(C(=O)CCn3nnc4ccccc43)C2)on1. The molecule has 1 saturated heterocycles. The van der Waals surface area contributed by atoms with Gasteiger partial charge in [-0.1, -0.05) is 22.5 Å². The van der Waals surface area contributed by atoms with Crippen molar-refractivity contribution in [2.45, 2.75) is 38.6 Å². The number of aromatic nitrogens is 6. The molecule has 158 valence electrons. The van der Waals surface area contributed by atoms with Crippen LogP contribution in [0.4, 0.5) is 0 Å². The first-order valence-electron chi connectivity index (χ1n) is 10.5. The van der Waals surface area contributed by atoms with Crippen LogP contribution in [0.5, 0.6) is 0 Å². The van der Waals surface area contributed by atoms with Crippen LogP contribution in [0.1, 0.15) is 36.6 Å². The number of rotatable bonds is 5. The molecular weight excluding hydrogens is 394 g/mol. The number of nitrogens with zero attached hydrogens (tertiary/aromatic N) is 7. The molecular formula is C22H23N7O2. The van der Waals surface area contributed by atoms with Crippen LogP contribution in [-0.4, -0.2) is 54.0 Å². The number of para-hydroxylation sites is 1. The van der Waals surface area contributed by atoms with Crippen molar-refractivity contribution in [3.63, 3.8) is 0 Å². The van der Waals surface area contributed by atoms with E-state index in [9.17, 15) is 4.79 Å². The van der Waals surface area contributed by atoms with Gasteiger partial charge in [-0.25, -0.2) is 14.6 Å². The minimum absolute atomic E-state index is 0.121. The molecule has 1 fully saturated rings. The van der Waals surface area contributed by atoms with Crippen molar-refractivity contribution in [1.82, 2.24) is 35.0 Å². The van der Waals surface area contributed by atoms with Gasteiger partial charge in [-0.05, 0) is 31.9 Å². The van der Waals surface area contributed by atoms with Crippen molar-refractivity contribution < 1.29 is 9.32 Å². The monoisotopic (exact) mass is 417 g/mol. The van der Waals surface area contributed by atoms with E-state index in [1.807, 2.05) is 42.2 Å². The molecule has 3 aromatic heterocycles. The summed E-state index contributed by atoms with van der Waals surface area (Å²) in [4.78, 5) is 23.6. The number of hydrogen-bond acceptors (Lipinski definition) is 7. The molecule has 1 atom stereocenters. The molecule has 9 heteroatoms. The Bertz CT molecular complexity index is 1220. The molecule has 1 amide bonds. The summed E-state index contributed by atoms with van der Waals surface area (Å²) in [6.45, 7) is 3.79. The summed E-state index contributed by atoms with van der Waals surface area (Å²) in [5, 5.41) is 12.3. The third-order valence-electron chi connectivity index (χ3n) is 5.76. The van der Waals surface area contributed by atoms with Crippen molar-refractivity contribution in [1.29, 1.82) is 0 Å². The summed E-state index contributed by atoms with van der Waals surface area (Å²) in [6.07, 6.45) is 5.60. The van der Waals surface area contributed by atoms with Gasteiger partial charge in [0.2, 0.25) is 5.91 Å². The lowest BCUT2D eigenvalue weighted by atomic mass is 9.91. The average Bonchev–Trinajstić information content (AvgIpc) is 3.44. The lowest BCUT2D eigenvalue weighted by Gasteiger charge is -2.33. The fourth-order valence-electron chi connectivity index (χ4n) is 4.21. The second-order valence-corrected chi connectivity index (χ2v) is 7.88. The number of hydrogen-bond donors (Lipinski definition) is 0. The molecule has 1 aliphatic rings. The molecule has 4 aromatic rings. The number of amides is 1. The van der Waals surface area contributed by atoms with Gasteiger partial charge < -0.3 is 9.42 Å². The molecule has 4 heterocycles. The zero-order chi connectivity index (χ0) is 21.2. The van der Waals surface area contributed by atoms with E-state index in [4.69, 9.17) is 4.52 Å². The maximum Gasteiger partial charge on any atom is 0.224 e. The van der Waals surface area contributed by atoms with E-state index in [0.717, 1.165) is 47.4 Å². The predicted molar refractivity (Wildman–Crippen MR) is 113 cm³/mol. The Hall–Kier alpha value is -3.62. The molecule has 0 unspecified atom stereocenters.